The van der Waals surface area contributed by atoms with Gasteiger partial charge in [0.05, 0.1) is 5.69 Å². The molecule has 0 spiro atoms. The summed E-state index contributed by atoms with van der Waals surface area (Å²) >= 11 is 3.76. The molecule has 0 radical (unpaired) electrons. The van der Waals surface area contributed by atoms with Crippen LogP contribution in [0.25, 0.3) is 106 Å². The fourth-order valence-corrected chi connectivity index (χ4v) is 14.1. The second-order valence-corrected chi connectivity index (χ2v) is 22.1. The summed E-state index contributed by atoms with van der Waals surface area (Å²) in [6.07, 6.45) is 0. The lowest BCUT2D eigenvalue weighted by Gasteiger charge is -2.28. The molecule has 0 saturated carbocycles. The second-order valence-electron chi connectivity index (χ2n) is 20.0. The van der Waals surface area contributed by atoms with Crippen LogP contribution in [0.2, 0.25) is 0 Å². The van der Waals surface area contributed by atoms with Crippen LogP contribution in [0.15, 0.2) is 291 Å². The average Bonchev–Trinajstić information content (AvgIpc) is 4.19. The Morgan fingerprint density at radius 3 is 1.24 bits per heavy atom. The van der Waals surface area contributed by atoms with Crippen molar-refractivity contribution < 1.29 is 0 Å². The number of rotatable bonds is 10. The highest BCUT2D eigenvalue weighted by molar-refractivity contribution is 7.26. The number of fused-ring (bicyclic) bond motifs is 9. The minimum atomic E-state index is 1.09. The maximum absolute atomic E-state index is 2.47. The van der Waals surface area contributed by atoms with E-state index >= 15 is 0 Å². The Balaban J connectivity index is 0.914. The lowest BCUT2D eigenvalue weighted by atomic mass is 9.96. The molecule has 15 rings (SSSR count). The first-order chi connectivity index (χ1) is 38.7. The van der Waals surface area contributed by atoms with Gasteiger partial charge in [-0.05, 0) is 128 Å². The summed E-state index contributed by atoms with van der Waals surface area (Å²) in [6.45, 7) is 0. The van der Waals surface area contributed by atoms with Crippen molar-refractivity contribution in [3.05, 3.63) is 291 Å². The molecule has 0 saturated heterocycles. The van der Waals surface area contributed by atoms with Gasteiger partial charge in [-0.15, -0.1) is 22.7 Å². The summed E-state index contributed by atoms with van der Waals surface area (Å²) in [5, 5.41) is 9.96. The molecule has 2 nitrogen and oxygen atoms in total. The lowest BCUT2D eigenvalue weighted by Crippen LogP contribution is -2.11. The molecule has 366 valence electrons. The van der Waals surface area contributed by atoms with E-state index in [9.17, 15) is 0 Å². The molecular weight excluding hydrogens is 981 g/mol. The molecule has 13 aromatic carbocycles. The minimum Gasteiger partial charge on any atom is -0.310 e. The molecule has 2 heterocycles. The smallest absolute Gasteiger partial charge is 0.0546 e. The average molecular weight is 1030 g/mol. The molecule has 0 N–H and O–H groups in total. The van der Waals surface area contributed by atoms with Gasteiger partial charge in [0.2, 0.25) is 0 Å². The molecule has 15 aromatic rings. The number of nitrogens with zero attached hydrogens (tertiary/aromatic N) is 2. The Kier molecular flexibility index (Phi) is 11.3. The van der Waals surface area contributed by atoms with Crippen LogP contribution in [0.4, 0.5) is 34.1 Å². The van der Waals surface area contributed by atoms with E-state index in [2.05, 4.69) is 301 Å². The topological polar surface area (TPSA) is 6.48 Å². The third kappa shape index (κ3) is 8.01. The van der Waals surface area contributed by atoms with Crippen molar-refractivity contribution in [2.75, 3.05) is 9.80 Å². The van der Waals surface area contributed by atoms with Gasteiger partial charge < -0.3 is 9.80 Å². The molecule has 0 aliphatic rings. The minimum absolute atomic E-state index is 1.09. The van der Waals surface area contributed by atoms with Crippen LogP contribution in [0.5, 0.6) is 0 Å². The first-order valence-corrected chi connectivity index (χ1v) is 28.2. The largest absolute Gasteiger partial charge is 0.310 e. The highest BCUT2D eigenvalue weighted by Crippen LogP contribution is 2.50. The molecular formula is C74H48N2S2. The fourth-order valence-electron chi connectivity index (χ4n) is 11.7. The van der Waals surface area contributed by atoms with E-state index in [1.807, 2.05) is 22.7 Å². The first-order valence-electron chi connectivity index (χ1n) is 26.6. The van der Waals surface area contributed by atoms with Gasteiger partial charge in [0.25, 0.3) is 0 Å². The van der Waals surface area contributed by atoms with Crippen molar-refractivity contribution >= 4 is 119 Å². The molecule has 2 aromatic heterocycles. The summed E-state index contributed by atoms with van der Waals surface area (Å²) in [7, 11) is 0. The molecule has 78 heavy (non-hydrogen) atoms. The van der Waals surface area contributed by atoms with E-state index in [-0.39, 0.29) is 0 Å². The van der Waals surface area contributed by atoms with Gasteiger partial charge in [0.15, 0.2) is 0 Å². The van der Waals surface area contributed by atoms with Crippen LogP contribution in [0.3, 0.4) is 0 Å². The standard InChI is InChI=1S/C74H48N2S2/c1-4-19-49(20-5-1)51-39-41-57(42-40-51)75(58-27-18-24-54(43-58)50-21-6-2-7-22-50)59-45-66(73-68(47-59)64-31-14-16-33-71(64)77-73)52-35-37-53(38-36-52)67-46-60(48-69-65-32-15-17-34-72(65)78-74(67)69)76(56-25-8-3-9-26-56)70-44-55-23-10-11-28-61(55)62-29-12-13-30-63(62)70/h1-48H. The third-order valence-electron chi connectivity index (χ3n) is 15.4. The van der Waals surface area contributed by atoms with Crippen molar-refractivity contribution in [2.24, 2.45) is 0 Å². The normalized spacial score (nSPS) is 11.6. The number of benzene rings is 13. The SMILES string of the molecule is c1ccc(-c2ccc(N(c3cccc(-c4ccccc4)c3)c3cc(-c4ccc(-c5cc(N(c6ccccc6)c6cc7ccccc7c7ccccc67)cc6c5sc5ccccc56)cc4)c4sc5ccccc5c4c3)cc2)cc1. The van der Waals surface area contributed by atoms with E-state index in [4.69, 9.17) is 0 Å². The predicted octanol–water partition coefficient (Wildman–Crippen LogP) is 22.3. The fraction of sp³-hybridized carbons (Fsp3) is 0. The number of anilines is 6. The van der Waals surface area contributed by atoms with Crippen molar-refractivity contribution in [2.45, 2.75) is 0 Å². The number of hydrogen-bond acceptors (Lipinski definition) is 4. The van der Waals surface area contributed by atoms with Gasteiger partial charge in [0, 0.05) is 85.3 Å². The molecule has 0 aliphatic heterocycles. The number of hydrogen-bond donors (Lipinski definition) is 0. The van der Waals surface area contributed by atoms with Gasteiger partial charge in [0.1, 0.15) is 0 Å². The van der Waals surface area contributed by atoms with E-state index in [0.717, 1.165) is 34.1 Å². The summed E-state index contributed by atoms with van der Waals surface area (Å²) in [5.41, 5.74) is 16.2. The van der Waals surface area contributed by atoms with E-state index in [1.165, 1.54) is 106 Å². The van der Waals surface area contributed by atoms with E-state index in [0.29, 0.717) is 0 Å². The molecule has 0 fully saturated rings. The Labute approximate surface area is 461 Å². The zero-order valence-electron chi connectivity index (χ0n) is 42.4. The quantitative estimate of drug-likeness (QED) is 0.126. The zero-order valence-corrected chi connectivity index (χ0v) is 44.1. The van der Waals surface area contributed by atoms with Gasteiger partial charge in [-0.25, -0.2) is 0 Å². The molecule has 0 aliphatic carbocycles. The van der Waals surface area contributed by atoms with Crippen LogP contribution in [0.1, 0.15) is 0 Å². The molecule has 4 heteroatoms. The van der Waals surface area contributed by atoms with Gasteiger partial charge in [-0.2, -0.15) is 0 Å². The molecule has 0 bridgehead atoms. The summed E-state index contributed by atoms with van der Waals surface area (Å²) < 4.78 is 5.12. The molecule has 0 amide bonds. The van der Waals surface area contributed by atoms with Crippen molar-refractivity contribution in [1.29, 1.82) is 0 Å². The Bertz CT molecular complexity index is 4720. The monoisotopic (exact) mass is 1030 g/mol. The highest BCUT2D eigenvalue weighted by Gasteiger charge is 2.23. The zero-order chi connectivity index (χ0) is 51.5. The van der Waals surface area contributed by atoms with E-state index in [1.54, 1.807) is 0 Å². The second kappa shape index (κ2) is 19.2. The summed E-state index contributed by atoms with van der Waals surface area (Å²) in [4.78, 5) is 4.91. The highest BCUT2D eigenvalue weighted by atomic mass is 32.1. The van der Waals surface area contributed by atoms with Crippen LogP contribution < -0.4 is 9.80 Å². The van der Waals surface area contributed by atoms with Crippen LogP contribution in [-0.2, 0) is 0 Å². The van der Waals surface area contributed by atoms with Gasteiger partial charge in [-0.3, -0.25) is 0 Å². The Hall–Kier alpha value is -9.58. The number of thiophene rings is 2. The third-order valence-corrected chi connectivity index (χ3v) is 17.8. The first kappa shape index (κ1) is 45.8. The molecule has 0 atom stereocenters. The molecule has 0 unspecified atom stereocenters. The van der Waals surface area contributed by atoms with Crippen molar-refractivity contribution in [3.63, 3.8) is 0 Å². The Morgan fingerprint density at radius 2 is 0.641 bits per heavy atom. The lowest BCUT2D eigenvalue weighted by molar-refractivity contribution is 1.29. The van der Waals surface area contributed by atoms with E-state index < -0.39 is 0 Å². The van der Waals surface area contributed by atoms with Crippen LogP contribution in [-0.4, -0.2) is 0 Å². The van der Waals surface area contributed by atoms with Crippen LogP contribution in [0, 0.1) is 0 Å². The van der Waals surface area contributed by atoms with Crippen molar-refractivity contribution in [3.8, 4) is 44.5 Å². The summed E-state index contributed by atoms with van der Waals surface area (Å²) in [5.74, 6) is 0. The maximum atomic E-state index is 2.47. The Morgan fingerprint density at radius 1 is 0.218 bits per heavy atom. The van der Waals surface area contributed by atoms with Gasteiger partial charge in [-0.1, -0.05) is 212 Å². The maximum Gasteiger partial charge on any atom is 0.0546 e. The predicted molar refractivity (Wildman–Crippen MR) is 338 cm³/mol. The number of para-hydroxylation sites is 1. The van der Waals surface area contributed by atoms with Gasteiger partial charge >= 0.3 is 0 Å². The summed E-state index contributed by atoms with van der Waals surface area (Å²) in [6, 6.07) is 107. The van der Waals surface area contributed by atoms with Crippen LogP contribution >= 0.6 is 22.7 Å². The van der Waals surface area contributed by atoms with Crippen molar-refractivity contribution in [1.82, 2.24) is 0 Å².